The summed E-state index contributed by atoms with van der Waals surface area (Å²) in [5.41, 5.74) is -0.169. The number of alkyl halides is 3. The number of anilines is 2. The van der Waals surface area contributed by atoms with E-state index in [1.807, 2.05) is 0 Å². The van der Waals surface area contributed by atoms with Crippen LogP contribution in [-0.2, 0) is 12.6 Å². The summed E-state index contributed by atoms with van der Waals surface area (Å²) in [6.45, 7) is 0. The van der Waals surface area contributed by atoms with Crippen LogP contribution in [0, 0.1) is 5.82 Å². The minimum atomic E-state index is -4.54. The fraction of sp³-hybridized carbons (Fsp3) is 0.0870. The molecule has 0 saturated heterocycles. The number of hydrogen-bond donors (Lipinski definition) is 3. The van der Waals surface area contributed by atoms with Crippen molar-refractivity contribution in [3.05, 3.63) is 98.7 Å². The number of aromatic amines is 1. The van der Waals surface area contributed by atoms with E-state index in [0.29, 0.717) is 16.6 Å². The molecule has 0 spiro atoms. The first kappa shape index (κ1) is 23.2. The minimum Gasteiger partial charge on any atom is -0.308 e. The molecule has 34 heavy (non-hydrogen) atoms. The third-order valence-electron chi connectivity index (χ3n) is 4.93. The summed E-state index contributed by atoms with van der Waals surface area (Å²) in [6.07, 6.45) is -4.33. The highest BCUT2D eigenvalue weighted by Crippen LogP contribution is 2.30. The lowest BCUT2D eigenvalue weighted by Crippen LogP contribution is -2.20. The lowest BCUT2D eigenvalue weighted by molar-refractivity contribution is -0.137. The third-order valence-corrected chi connectivity index (χ3v) is 5.24. The molecule has 3 aromatic carbocycles. The molecule has 0 aliphatic heterocycles. The molecule has 6 nitrogen and oxygen atoms in total. The number of amides is 2. The fourth-order valence-corrected chi connectivity index (χ4v) is 3.46. The van der Waals surface area contributed by atoms with Crippen molar-refractivity contribution in [2.45, 2.75) is 12.6 Å². The predicted octanol–water partition coefficient (Wildman–Crippen LogP) is 5.97. The van der Waals surface area contributed by atoms with Crippen LogP contribution in [-0.4, -0.2) is 16.2 Å². The van der Waals surface area contributed by atoms with Gasteiger partial charge in [-0.15, -0.1) is 0 Å². The minimum absolute atomic E-state index is 0.0119. The Kier molecular flexibility index (Phi) is 6.25. The number of aromatic nitrogens is 2. The second kappa shape index (κ2) is 9.14. The third kappa shape index (κ3) is 5.18. The van der Waals surface area contributed by atoms with Gasteiger partial charge in [0, 0.05) is 23.2 Å². The molecule has 4 aromatic rings. The van der Waals surface area contributed by atoms with E-state index in [9.17, 15) is 27.2 Å². The first-order chi connectivity index (χ1) is 16.1. The van der Waals surface area contributed by atoms with Crippen LogP contribution >= 0.6 is 11.6 Å². The molecule has 0 atom stereocenters. The molecule has 3 N–H and O–H groups in total. The Morgan fingerprint density at radius 3 is 2.41 bits per heavy atom. The highest BCUT2D eigenvalue weighted by atomic mass is 35.5. The summed E-state index contributed by atoms with van der Waals surface area (Å²) >= 11 is 5.71. The van der Waals surface area contributed by atoms with E-state index < -0.39 is 29.1 Å². The van der Waals surface area contributed by atoms with E-state index in [-0.39, 0.29) is 28.2 Å². The smallest absolute Gasteiger partial charge is 0.308 e. The summed E-state index contributed by atoms with van der Waals surface area (Å²) in [5.74, 6) is -0.578. The van der Waals surface area contributed by atoms with Gasteiger partial charge in [-0.05, 0) is 48.0 Å². The Labute approximate surface area is 194 Å². The van der Waals surface area contributed by atoms with Crippen molar-refractivity contribution in [3.8, 4) is 0 Å². The van der Waals surface area contributed by atoms with Crippen LogP contribution in [0.5, 0.6) is 0 Å². The number of hydrogen-bond acceptors (Lipinski definition) is 3. The molecule has 0 unspecified atom stereocenters. The van der Waals surface area contributed by atoms with Crippen LogP contribution in [0.1, 0.15) is 16.8 Å². The van der Waals surface area contributed by atoms with E-state index in [0.717, 1.165) is 12.1 Å². The second-order valence-electron chi connectivity index (χ2n) is 7.34. The van der Waals surface area contributed by atoms with Crippen LogP contribution in [0.3, 0.4) is 0 Å². The number of halogens is 5. The largest absolute Gasteiger partial charge is 0.416 e. The van der Waals surface area contributed by atoms with Crippen molar-refractivity contribution in [2.24, 2.45) is 0 Å². The van der Waals surface area contributed by atoms with Gasteiger partial charge in [0.1, 0.15) is 5.82 Å². The predicted molar refractivity (Wildman–Crippen MR) is 121 cm³/mol. The van der Waals surface area contributed by atoms with Crippen LogP contribution in [0.25, 0.3) is 10.8 Å². The summed E-state index contributed by atoms with van der Waals surface area (Å²) < 4.78 is 52.3. The Hall–Kier alpha value is -3.92. The monoisotopic (exact) mass is 490 g/mol. The van der Waals surface area contributed by atoms with Crippen molar-refractivity contribution in [1.29, 1.82) is 0 Å². The van der Waals surface area contributed by atoms with Gasteiger partial charge in [0.25, 0.3) is 5.56 Å². The number of H-pyrrole nitrogens is 1. The molecule has 1 heterocycles. The van der Waals surface area contributed by atoms with Crippen LogP contribution in [0.4, 0.5) is 33.7 Å². The van der Waals surface area contributed by atoms with Crippen LogP contribution in [0.2, 0.25) is 5.02 Å². The van der Waals surface area contributed by atoms with E-state index in [4.69, 9.17) is 11.6 Å². The SMILES string of the molecule is O=C(Nc1cccc(C(F)(F)F)c1)Nc1ccc2c(Cc3ccc(Cl)c(F)c3)n[nH]c(=O)c2c1. The number of urea groups is 1. The molecule has 0 fully saturated rings. The molecule has 1 aromatic heterocycles. The van der Waals surface area contributed by atoms with E-state index in [2.05, 4.69) is 20.8 Å². The topological polar surface area (TPSA) is 86.9 Å². The summed E-state index contributed by atoms with van der Waals surface area (Å²) in [4.78, 5) is 24.6. The van der Waals surface area contributed by atoms with Gasteiger partial charge in [-0.1, -0.05) is 29.8 Å². The molecule has 0 bridgehead atoms. The maximum atomic E-state index is 13.8. The van der Waals surface area contributed by atoms with Crippen molar-refractivity contribution < 1.29 is 22.4 Å². The summed E-state index contributed by atoms with van der Waals surface area (Å²) in [7, 11) is 0. The molecular formula is C23H15ClF4N4O2. The zero-order valence-electron chi connectivity index (χ0n) is 17.1. The molecule has 0 saturated carbocycles. The molecule has 4 rings (SSSR count). The standard InChI is InChI=1S/C23H15ClF4N4O2/c24-18-7-4-12(8-19(18)25)9-20-16-6-5-15(11-17(16)21(33)32-31-20)30-22(34)29-14-3-1-2-13(10-14)23(26,27)28/h1-8,10-11H,9H2,(H,32,33)(H2,29,30,34). The van der Waals surface area contributed by atoms with E-state index in [1.54, 1.807) is 12.1 Å². The zero-order valence-corrected chi connectivity index (χ0v) is 17.9. The summed E-state index contributed by atoms with van der Waals surface area (Å²) in [5, 5.41) is 11.9. The van der Waals surface area contributed by atoms with E-state index in [1.165, 1.54) is 36.4 Å². The molecule has 0 radical (unpaired) electrons. The van der Waals surface area contributed by atoms with E-state index >= 15 is 0 Å². The fourth-order valence-electron chi connectivity index (χ4n) is 3.34. The highest BCUT2D eigenvalue weighted by molar-refractivity contribution is 6.30. The quantitative estimate of drug-likeness (QED) is 0.308. The molecular weight excluding hydrogens is 476 g/mol. The van der Waals surface area contributed by atoms with Gasteiger partial charge in [0.15, 0.2) is 0 Å². The zero-order chi connectivity index (χ0) is 24.5. The Morgan fingerprint density at radius 2 is 1.71 bits per heavy atom. The average molecular weight is 491 g/mol. The number of nitrogens with one attached hydrogen (secondary N) is 3. The first-order valence-corrected chi connectivity index (χ1v) is 10.2. The van der Waals surface area contributed by atoms with Crippen LogP contribution < -0.4 is 16.2 Å². The van der Waals surface area contributed by atoms with Gasteiger partial charge in [0.2, 0.25) is 0 Å². The van der Waals surface area contributed by atoms with Gasteiger partial charge in [-0.2, -0.15) is 18.3 Å². The number of carbonyl (C=O) groups excluding carboxylic acids is 1. The second-order valence-corrected chi connectivity index (χ2v) is 7.75. The van der Waals surface area contributed by atoms with Gasteiger partial charge in [-0.3, -0.25) is 4.79 Å². The van der Waals surface area contributed by atoms with Crippen molar-refractivity contribution in [1.82, 2.24) is 10.2 Å². The maximum absolute atomic E-state index is 13.8. The van der Waals surface area contributed by atoms with Crippen LogP contribution in [0.15, 0.2) is 65.5 Å². The van der Waals surface area contributed by atoms with Crippen molar-refractivity contribution in [3.63, 3.8) is 0 Å². The molecule has 2 amide bonds. The molecule has 0 aliphatic rings. The normalized spacial score (nSPS) is 11.4. The Morgan fingerprint density at radius 1 is 0.971 bits per heavy atom. The number of nitrogens with zero attached hydrogens (tertiary/aromatic N) is 1. The van der Waals surface area contributed by atoms with Crippen molar-refractivity contribution in [2.75, 3.05) is 10.6 Å². The first-order valence-electron chi connectivity index (χ1n) is 9.80. The van der Waals surface area contributed by atoms with Gasteiger partial charge in [-0.25, -0.2) is 14.3 Å². The Bertz CT molecular complexity index is 1450. The highest BCUT2D eigenvalue weighted by Gasteiger charge is 2.30. The lowest BCUT2D eigenvalue weighted by Gasteiger charge is -2.11. The number of carbonyl (C=O) groups is 1. The van der Waals surface area contributed by atoms with Gasteiger partial charge < -0.3 is 10.6 Å². The lowest BCUT2D eigenvalue weighted by atomic mass is 10.0. The average Bonchev–Trinajstić information content (AvgIpc) is 2.78. The summed E-state index contributed by atoms with van der Waals surface area (Å²) in [6, 6.07) is 12.2. The number of benzene rings is 3. The molecule has 11 heteroatoms. The molecule has 174 valence electrons. The molecule has 0 aliphatic carbocycles. The Balaban J connectivity index is 1.55. The number of rotatable bonds is 4. The van der Waals surface area contributed by atoms with Gasteiger partial charge >= 0.3 is 12.2 Å². The number of fused-ring (bicyclic) bond motifs is 1. The maximum Gasteiger partial charge on any atom is 0.416 e. The van der Waals surface area contributed by atoms with Gasteiger partial charge in [0.05, 0.1) is 21.7 Å². The van der Waals surface area contributed by atoms with Crippen molar-refractivity contribution >= 4 is 39.8 Å².